The van der Waals surface area contributed by atoms with Gasteiger partial charge in [-0.05, 0) is 86.6 Å². The second-order valence-electron chi connectivity index (χ2n) is 8.90. The number of hydrogen-bond acceptors (Lipinski definition) is 2. The maximum Gasteiger partial charge on any atom is 0.135 e. The molecule has 0 amide bonds. The van der Waals surface area contributed by atoms with Gasteiger partial charge in [0.25, 0.3) is 0 Å². The number of nitrogens with zero attached hydrogens (tertiary/aromatic N) is 1. The molecule has 0 aliphatic heterocycles. The largest absolute Gasteiger partial charge is 0.456 e. The van der Waals surface area contributed by atoms with Crippen LogP contribution in [0.25, 0.3) is 66.1 Å². The average molecular weight is 448 g/mol. The fourth-order valence-corrected chi connectivity index (χ4v) is 4.91. The molecule has 0 radical (unpaired) electrons. The van der Waals surface area contributed by atoms with E-state index in [4.69, 9.17) is 4.42 Å². The van der Waals surface area contributed by atoms with E-state index in [0.717, 1.165) is 21.9 Å². The Hall–Kier alpha value is -4.69. The van der Waals surface area contributed by atoms with Gasteiger partial charge < -0.3 is 4.42 Å². The fourth-order valence-electron chi connectivity index (χ4n) is 4.91. The topological polar surface area (TPSA) is 26.0 Å². The average Bonchev–Trinajstić information content (AvgIpc) is 3.31. The molecule has 0 unspecified atom stereocenters. The van der Waals surface area contributed by atoms with Crippen molar-refractivity contribution in [2.75, 3.05) is 0 Å². The fraction of sp³-hybridized carbons (Fsp3) is 0. The Balaban J connectivity index is 1.23. The summed E-state index contributed by atoms with van der Waals surface area (Å²) < 4.78 is 6.00. The van der Waals surface area contributed by atoms with Gasteiger partial charge in [-0.15, -0.1) is 0 Å². The Morgan fingerprint density at radius 3 is 1.66 bits per heavy atom. The highest BCUT2D eigenvalue weighted by Crippen LogP contribution is 2.34. The molecular formula is C33H21NO. The van der Waals surface area contributed by atoms with Gasteiger partial charge in [-0.2, -0.15) is 0 Å². The number of fused-ring (bicyclic) bond motifs is 4. The van der Waals surface area contributed by atoms with Gasteiger partial charge in [0.15, 0.2) is 0 Å². The second-order valence-corrected chi connectivity index (χ2v) is 8.90. The molecule has 0 N–H and O–H groups in total. The van der Waals surface area contributed by atoms with E-state index in [9.17, 15) is 0 Å². The molecule has 35 heavy (non-hydrogen) atoms. The standard InChI is InChI=1S/C33H21NO/c1-2-4-32-30(3-1)31-21-29(13-14-33(31)35-32)28-12-11-26-19-25(9-10-27(26)20-28)23-7-5-22(6-8-23)24-15-17-34-18-16-24/h1-21H. The highest BCUT2D eigenvalue weighted by Gasteiger charge is 2.09. The van der Waals surface area contributed by atoms with Crippen LogP contribution in [0.2, 0.25) is 0 Å². The minimum atomic E-state index is 0.926. The molecule has 2 nitrogen and oxygen atoms in total. The highest BCUT2D eigenvalue weighted by atomic mass is 16.3. The molecule has 7 aromatic rings. The van der Waals surface area contributed by atoms with Crippen molar-refractivity contribution in [2.24, 2.45) is 0 Å². The molecule has 0 atom stereocenters. The molecule has 0 fully saturated rings. The van der Waals surface area contributed by atoms with Crippen LogP contribution < -0.4 is 0 Å². The van der Waals surface area contributed by atoms with E-state index in [1.807, 2.05) is 36.7 Å². The van der Waals surface area contributed by atoms with Crippen LogP contribution in [0.3, 0.4) is 0 Å². The highest BCUT2D eigenvalue weighted by molar-refractivity contribution is 6.06. The number of para-hydroxylation sites is 1. The van der Waals surface area contributed by atoms with Gasteiger partial charge in [0.05, 0.1) is 0 Å². The summed E-state index contributed by atoms with van der Waals surface area (Å²) in [5, 5.41) is 4.78. The zero-order valence-electron chi connectivity index (χ0n) is 19.0. The van der Waals surface area contributed by atoms with Gasteiger partial charge in [0.2, 0.25) is 0 Å². The van der Waals surface area contributed by atoms with Gasteiger partial charge in [0, 0.05) is 23.2 Å². The van der Waals surface area contributed by atoms with Gasteiger partial charge in [0.1, 0.15) is 11.2 Å². The Bertz CT molecular complexity index is 1830. The van der Waals surface area contributed by atoms with Gasteiger partial charge in [-0.3, -0.25) is 4.98 Å². The van der Waals surface area contributed by atoms with Crippen LogP contribution in [-0.2, 0) is 0 Å². The summed E-state index contributed by atoms with van der Waals surface area (Å²) in [6.07, 6.45) is 3.66. The van der Waals surface area contributed by atoms with E-state index >= 15 is 0 Å². The van der Waals surface area contributed by atoms with Crippen LogP contribution in [0.15, 0.2) is 132 Å². The van der Waals surface area contributed by atoms with Crippen molar-refractivity contribution in [3.8, 4) is 33.4 Å². The van der Waals surface area contributed by atoms with Crippen molar-refractivity contribution in [2.45, 2.75) is 0 Å². The van der Waals surface area contributed by atoms with E-state index in [2.05, 4.69) is 96.0 Å². The van der Waals surface area contributed by atoms with Crippen LogP contribution in [-0.4, -0.2) is 4.98 Å². The summed E-state index contributed by atoms with van der Waals surface area (Å²) in [5.74, 6) is 0. The first kappa shape index (κ1) is 19.7. The normalized spacial score (nSPS) is 11.4. The molecule has 2 aromatic heterocycles. The molecule has 164 valence electrons. The van der Waals surface area contributed by atoms with Crippen molar-refractivity contribution < 1.29 is 4.42 Å². The summed E-state index contributed by atoms with van der Waals surface area (Å²) in [7, 11) is 0. The van der Waals surface area contributed by atoms with Crippen LogP contribution in [0, 0.1) is 0 Å². The third-order valence-corrected chi connectivity index (χ3v) is 6.78. The van der Waals surface area contributed by atoms with E-state index in [-0.39, 0.29) is 0 Å². The molecule has 5 aromatic carbocycles. The molecular weight excluding hydrogens is 426 g/mol. The lowest BCUT2D eigenvalue weighted by Gasteiger charge is -2.08. The maximum absolute atomic E-state index is 6.00. The van der Waals surface area contributed by atoms with Crippen molar-refractivity contribution >= 4 is 32.7 Å². The monoisotopic (exact) mass is 447 g/mol. The maximum atomic E-state index is 6.00. The Kier molecular flexibility index (Phi) is 4.49. The first-order valence-corrected chi connectivity index (χ1v) is 11.8. The lowest BCUT2D eigenvalue weighted by atomic mass is 9.96. The van der Waals surface area contributed by atoms with Gasteiger partial charge in [-0.25, -0.2) is 0 Å². The first-order valence-electron chi connectivity index (χ1n) is 11.8. The third-order valence-electron chi connectivity index (χ3n) is 6.78. The lowest BCUT2D eigenvalue weighted by molar-refractivity contribution is 0.669. The smallest absolute Gasteiger partial charge is 0.135 e. The minimum Gasteiger partial charge on any atom is -0.456 e. The second kappa shape index (κ2) is 7.96. The first-order chi connectivity index (χ1) is 17.3. The van der Waals surface area contributed by atoms with Crippen LogP contribution in [0.4, 0.5) is 0 Å². The molecule has 2 heteroatoms. The number of aromatic nitrogens is 1. The SMILES string of the molecule is c1ccc2c(c1)oc1ccc(-c3ccc4cc(-c5ccc(-c6ccncc6)cc5)ccc4c3)cc12. The van der Waals surface area contributed by atoms with Gasteiger partial charge >= 0.3 is 0 Å². The molecule has 7 rings (SSSR count). The predicted molar refractivity (Wildman–Crippen MR) is 145 cm³/mol. The third kappa shape index (κ3) is 3.48. The van der Waals surface area contributed by atoms with Crippen LogP contribution in [0.1, 0.15) is 0 Å². The van der Waals surface area contributed by atoms with Crippen molar-refractivity contribution in [1.29, 1.82) is 0 Å². The summed E-state index contributed by atoms with van der Waals surface area (Å²) >= 11 is 0. The van der Waals surface area contributed by atoms with Crippen LogP contribution >= 0.6 is 0 Å². The molecule has 2 heterocycles. The zero-order valence-corrected chi connectivity index (χ0v) is 19.0. The van der Waals surface area contributed by atoms with Crippen molar-refractivity contribution in [1.82, 2.24) is 4.98 Å². The number of benzene rings is 5. The van der Waals surface area contributed by atoms with E-state index in [1.54, 1.807) is 0 Å². The van der Waals surface area contributed by atoms with E-state index in [0.29, 0.717) is 0 Å². The predicted octanol–water partition coefficient (Wildman–Crippen LogP) is 9.14. The number of furan rings is 1. The summed E-state index contributed by atoms with van der Waals surface area (Å²) in [6, 6.07) is 40.9. The molecule has 0 aliphatic rings. The Morgan fingerprint density at radius 2 is 0.914 bits per heavy atom. The van der Waals surface area contributed by atoms with Crippen molar-refractivity contribution in [3.63, 3.8) is 0 Å². The Morgan fingerprint density at radius 1 is 0.400 bits per heavy atom. The number of pyridine rings is 1. The molecule has 0 saturated carbocycles. The minimum absolute atomic E-state index is 0.926. The summed E-state index contributed by atoms with van der Waals surface area (Å²) in [5.41, 5.74) is 9.07. The van der Waals surface area contributed by atoms with E-state index < -0.39 is 0 Å². The number of hydrogen-bond donors (Lipinski definition) is 0. The molecule has 0 bridgehead atoms. The van der Waals surface area contributed by atoms with Crippen LogP contribution in [0.5, 0.6) is 0 Å². The lowest BCUT2D eigenvalue weighted by Crippen LogP contribution is -1.83. The molecule has 0 aliphatic carbocycles. The molecule has 0 saturated heterocycles. The Labute approximate surface area is 203 Å². The number of rotatable bonds is 3. The van der Waals surface area contributed by atoms with Crippen molar-refractivity contribution in [3.05, 3.63) is 128 Å². The summed E-state index contributed by atoms with van der Waals surface area (Å²) in [6.45, 7) is 0. The quantitative estimate of drug-likeness (QED) is 0.270. The van der Waals surface area contributed by atoms with E-state index in [1.165, 1.54) is 44.2 Å². The zero-order chi connectivity index (χ0) is 23.2. The van der Waals surface area contributed by atoms with Gasteiger partial charge in [-0.1, -0.05) is 72.8 Å². The molecule has 0 spiro atoms. The summed E-state index contributed by atoms with van der Waals surface area (Å²) in [4.78, 5) is 4.11.